The molecule has 1 amide bonds. The van der Waals surface area contributed by atoms with E-state index in [1.165, 1.54) is 42.6 Å². The molecule has 1 atom stereocenters. The first-order chi connectivity index (χ1) is 13.6. The molecule has 1 saturated heterocycles. The molecule has 1 saturated carbocycles. The van der Waals surface area contributed by atoms with Crippen molar-refractivity contribution in [2.45, 2.75) is 57.7 Å². The van der Waals surface area contributed by atoms with Crippen LogP contribution in [0.4, 0.5) is 0 Å². The van der Waals surface area contributed by atoms with Crippen LogP contribution in [0, 0.1) is 0 Å². The molecular formula is C22H35N3O3+2. The summed E-state index contributed by atoms with van der Waals surface area (Å²) in [5, 5.41) is 0. The summed E-state index contributed by atoms with van der Waals surface area (Å²) in [6.45, 7) is 7.79. The van der Waals surface area contributed by atoms with Crippen LogP contribution >= 0.6 is 0 Å². The van der Waals surface area contributed by atoms with Crippen LogP contribution in [0.5, 0.6) is 11.5 Å². The summed E-state index contributed by atoms with van der Waals surface area (Å²) in [5.41, 5.74) is 1.30. The fourth-order valence-electron chi connectivity index (χ4n) is 5.00. The van der Waals surface area contributed by atoms with Gasteiger partial charge in [0.05, 0.1) is 0 Å². The first-order valence-electron chi connectivity index (χ1n) is 10.9. The highest BCUT2D eigenvalue weighted by atomic mass is 16.7. The van der Waals surface area contributed by atoms with Crippen molar-refractivity contribution >= 4 is 5.91 Å². The number of carbonyl (C=O) groups is 1. The van der Waals surface area contributed by atoms with E-state index in [0.29, 0.717) is 18.7 Å². The predicted octanol–water partition coefficient (Wildman–Crippen LogP) is -0.122. The van der Waals surface area contributed by atoms with Gasteiger partial charge in [-0.1, -0.05) is 19.3 Å². The quantitative estimate of drug-likeness (QED) is 0.738. The molecule has 0 bridgehead atoms. The Balaban J connectivity index is 1.26. The molecule has 2 heterocycles. The number of quaternary nitrogens is 2. The van der Waals surface area contributed by atoms with Crippen LogP contribution in [-0.4, -0.2) is 62.9 Å². The van der Waals surface area contributed by atoms with Crippen LogP contribution in [0.25, 0.3) is 0 Å². The topological polar surface area (TPSA) is 47.7 Å². The van der Waals surface area contributed by atoms with Gasteiger partial charge in [0.15, 0.2) is 17.5 Å². The Morgan fingerprint density at radius 1 is 1.11 bits per heavy atom. The lowest BCUT2D eigenvalue weighted by Gasteiger charge is -2.37. The molecule has 2 N–H and O–H groups in total. The third kappa shape index (κ3) is 4.28. The van der Waals surface area contributed by atoms with Crippen molar-refractivity contribution in [2.24, 2.45) is 0 Å². The number of ether oxygens (including phenoxy) is 2. The Bertz CT molecular complexity index is 682. The largest absolute Gasteiger partial charge is 0.454 e. The van der Waals surface area contributed by atoms with E-state index in [9.17, 15) is 4.79 Å². The fourth-order valence-corrected chi connectivity index (χ4v) is 5.00. The predicted molar refractivity (Wildman–Crippen MR) is 107 cm³/mol. The summed E-state index contributed by atoms with van der Waals surface area (Å²) in [4.78, 5) is 18.1. The zero-order chi connectivity index (χ0) is 19.5. The smallest absolute Gasteiger partial charge is 0.280 e. The van der Waals surface area contributed by atoms with Crippen molar-refractivity contribution in [3.8, 4) is 11.5 Å². The molecule has 1 aliphatic carbocycles. The van der Waals surface area contributed by atoms with Crippen molar-refractivity contribution in [2.75, 3.05) is 40.0 Å². The highest BCUT2D eigenvalue weighted by Crippen LogP contribution is 2.32. The first-order valence-corrected chi connectivity index (χ1v) is 10.9. The minimum absolute atomic E-state index is 0.0685. The Morgan fingerprint density at radius 2 is 1.82 bits per heavy atom. The average Bonchev–Trinajstić information content (AvgIpc) is 3.21. The number of rotatable bonds is 5. The van der Waals surface area contributed by atoms with Crippen molar-refractivity contribution in [3.05, 3.63) is 23.8 Å². The van der Waals surface area contributed by atoms with Gasteiger partial charge in [0.1, 0.15) is 32.7 Å². The van der Waals surface area contributed by atoms with E-state index in [1.54, 1.807) is 4.90 Å². The zero-order valence-electron chi connectivity index (χ0n) is 17.3. The third-order valence-corrected chi connectivity index (χ3v) is 6.94. The minimum atomic E-state index is 0.0685. The standard InChI is InChI=1S/C22H33N3O3/c1-17(22(26)23(2)19-6-4-3-5-7-19)25-12-10-24(11-13-25)15-18-8-9-20-21(14-18)28-16-27-20/h8-9,14,17,19H,3-7,10-13,15-16H2,1-2H3/p+2/t17-/m0/s1. The van der Waals surface area contributed by atoms with Gasteiger partial charge in [-0.2, -0.15) is 0 Å². The van der Waals surface area contributed by atoms with E-state index >= 15 is 0 Å². The van der Waals surface area contributed by atoms with Crippen LogP contribution in [0.1, 0.15) is 44.6 Å². The normalized spacial score (nSPS) is 26.1. The second-order valence-corrected chi connectivity index (χ2v) is 8.74. The monoisotopic (exact) mass is 389 g/mol. The Labute approximate surface area is 168 Å². The second kappa shape index (κ2) is 8.70. The van der Waals surface area contributed by atoms with Gasteiger partial charge in [-0.05, 0) is 38.0 Å². The zero-order valence-corrected chi connectivity index (χ0v) is 17.3. The van der Waals surface area contributed by atoms with Gasteiger partial charge in [-0.3, -0.25) is 4.79 Å². The Hall–Kier alpha value is -1.79. The number of fused-ring (bicyclic) bond motifs is 1. The maximum absolute atomic E-state index is 13.0. The molecule has 0 aromatic heterocycles. The number of likely N-dealkylation sites (N-methyl/N-ethyl adjacent to an activating group) is 1. The molecule has 0 radical (unpaired) electrons. The molecule has 6 nitrogen and oxygen atoms in total. The average molecular weight is 390 g/mol. The van der Waals surface area contributed by atoms with E-state index in [4.69, 9.17) is 9.47 Å². The molecule has 1 aromatic carbocycles. The summed E-state index contributed by atoms with van der Waals surface area (Å²) in [5.74, 6) is 2.05. The lowest BCUT2D eigenvalue weighted by molar-refractivity contribution is -1.02. The van der Waals surface area contributed by atoms with Crippen molar-refractivity contribution in [3.63, 3.8) is 0 Å². The van der Waals surface area contributed by atoms with Gasteiger partial charge < -0.3 is 24.2 Å². The summed E-state index contributed by atoms with van der Waals surface area (Å²) in [6.07, 6.45) is 6.22. The Morgan fingerprint density at radius 3 is 2.57 bits per heavy atom. The lowest BCUT2D eigenvalue weighted by atomic mass is 9.94. The number of hydrogen-bond acceptors (Lipinski definition) is 3. The van der Waals surface area contributed by atoms with Crippen LogP contribution in [0.3, 0.4) is 0 Å². The maximum atomic E-state index is 13.0. The van der Waals surface area contributed by atoms with E-state index in [0.717, 1.165) is 44.2 Å². The molecule has 0 unspecified atom stereocenters. The molecule has 4 rings (SSSR count). The number of carbonyl (C=O) groups excluding carboxylic acids is 1. The number of nitrogens with one attached hydrogen (secondary N) is 2. The van der Waals surface area contributed by atoms with Crippen LogP contribution < -0.4 is 19.3 Å². The summed E-state index contributed by atoms with van der Waals surface area (Å²) in [7, 11) is 2.02. The van der Waals surface area contributed by atoms with E-state index in [-0.39, 0.29) is 6.04 Å². The lowest BCUT2D eigenvalue weighted by Crippen LogP contribution is -3.29. The number of piperazine rings is 1. The number of nitrogens with zero attached hydrogens (tertiary/aromatic N) is 1. The SMILES string of the molecule is C[C@@H](C(=O)N(C)C1CCCCC1)[NH+]1CC[NH+](Cc2ccc3c(c2)OCO3)CC1. The number of amides is 1. The third-order valence-electron chi connectivity index (χ3n) is 6.94. The molecule has 2 aliphatic heterocycles. The fraction of sp³-hybridized carbons (Fsp3) is 0.682. The van der Waals surface area contributed by atoms with Gasteiger partial charge >= 0.3 is 0 Å². The van der Waals surface area contributed by atoms with Crippen LogP contribution in [0.15, 0.2) is 18.2 Å². The molecule has 1 aromatic rings. The van der Waals surface area contributed by atoms with Gasteiger partial charge in [0.25, 0.3) is 5.91 Å². The molecular weight excluding hydrogens is 354 g/mol. The highest BCUT2D eigenvalue weighted by molar-refractivity contribution is 5.80. The second-order valence-electron chi connectivity index (χ2n) is 8.74. The molecule has 0 spiro atoms. The highest BCUT2D eigenvalue weighted by Gasteiger charge is 2.34. The van der Waals surface area contributed by atoms with Gasteiger partial charge in [0, 0.05) is 18.7 Å². The number of benzene rings is 1. The van der Waals surface area contributed by atoms with E-state index in [1.807, 2.05) is 13.1 Å². The molecule has 6 heteroatoms. The van der Waals surface area contributed by atoms with Crippen molar-refractivity contribution < 1.29 is 24.1 Å². The minimum Gasteiger partial charge on any atom is -0.454 e. The first kappa shape index (κ1) is 19.5. The molecule has 2 fully saturated rings. The Kier molecular flexibility index (Phi) is 6.07. The molecule has 28 heavy (non-hydrogen) atoms. The molecule has 3 aliphatic rings. The summed E-state index contributed by atoms with van der Waals surface area (Å²) >= 11 is 0. The van der Waals surface area contributed by atoms with E-state index in [2.05, 4.69) is 24.0 Å². The van der Waals surface area contributed by atoms with Crippen molar-refractivity contribution in [1.29, 1.82) is 0 Å². The number of hydrogen-bond donors (Lipinski definition) is 2. The van der Waals surface area contributed by atoms with Gasteiger partial charge in [-0.15, -0.1) is 0 Å². The van der Waals surface area contributed by atoms with Crippen molar-refractivity contribution in [1.82, 2.24) is 4.90 Å². The van der Waals surface area contributed by atoms with Crippen LogP contribution in [-0.2, 0) is 11.3 Å². The summed E-state index contributed by atoms with van der Waals surface area (Å²) in [6, 6.07) is 6.80. The van der Waals surface area contributed by atoms with Gasteiger partial charge in [0.2, 0.25) is 6.79 Å². The van der Waals surface area contributed by atoms with Crippen LogP contribution in [0.2, 0.25) is 0 Å². The van der Waals surface area contributed by atoms with E-state index < -0.39 is 0 Å². The molecule has 154 valence electrons. The maximum Gasteiger partial charge on any atom is 0.280 e. The summed E-state index contributed by atoms with van der Waals surface area (Å²) < 4.78 is 10.9. The van der Waals surface area contributed by atoms with Gasteiger partial charge in [-0.25, -0.2) is 0 Å².